The second kappa shape index (κ2) is 7.68. The second-order valence-corrected chi connectivity index (χ2v) is 5.68. The zero-order valence-electron chi connectivity index (χ0n) is 13.6. The van der Waals surface area contributed by atoms with E-state index in [2.05, 4.69) is 5.32 Å². The van der Waals surface area contributed by atoms with E-state index in [4.69, 9.17) is 14.2 Å². The number of methoxy groups -OCH3 is 2. The van der Waals surface area contributed by atoms with Crippen molar-refractivity contribution in [2.45, 2.75) is 38.8 Å². The molecule has 0 aliphatic rings. The lowest BCUT2D eigenvalue weighted by Crippen LogP contribution is -2.35. The number of carbonyl (C=O) groups excluding carboxylic acids is 2. The summed E-state index contributed by atoms with van der Waals surface area (Å²) in [7, 11) is 3.04. The van der Waals surface area contributed by atoms with Crippen molar-refractivity contribution < 1.29 is 23.8 Å². The first-order valence-corrected chi connectivity index (χ1v) is 6.96. The fraction of sp³-hybridized carbons (Fsp3) is 0.500. The number of hydrogen-bond acceptors (Lipinski definition) is 5. The Morgan fingerprint density at radius 2 is 1.77 bits per heavy atom. The first-order chi connectivity index (χ1) is 10.3. The van der Waals surface area contributed by atoms with E-state index in [1.54, 1.807) is 39.0 Å². The van der Waals surface area contributed by atoms with Crippen LogP contribution in [0.25, 0.3) is 0 Å². The number of aldehydes is 1. The van der Waals surface area contributed by atoms with Crippen LogP contribution in [0.3, 0.4) is 0 Å². The van der Waals surface area contributed by atoms with Crippen LogP contribution in [0.15, 0.2) is 18.2 Å². The number of amides is 1. The second-order valence-electron chi connectivity index (χ2n) is 5.68. The third kappa shape index (κ3) is 4.95. The number of nitrogens with one attached hydrogen (secondary N) is 1. The monoisotopic (exact) mass is 309 g/mol. The smallest absolute Gasteiger partial charge is 0.408 e. The maximum Gasteiger partial charge on any atom is 0.408 e. The Bertz CT molecular complexity index is 500. The van der Waals surface area contributed by atoms with E-state index in [-0.39, 0.29) is 6.42 Å². The van der Waals surface area contributed by atoms with E-state index in [1.165, 1.54) is 14.2 Å². The van der Waals surface area contributed by atoms with Crippen LogP contribution in [0.4, 0.5) is 4.79 Å². The molecule has 1 aromatic rings. The van der Waals surface area contributed by atoms with E-state index >= 15 is 0 Å². The summed E-state index contributed by atoms with van der Waals surface area (Å²) in [5.41, 5.74) is -0.0221. The lowest BCUT2D eigenvalue weighted by molar-refractivity contribution is -0.108. The minimum atomic E-state index is -0.624. The van der Waals surface area contributed by atoms with Crippen molar-refractivity contribution in [3.05, 3.63) is 23.8 Å². The molecule has 0 spiro atoms. The number of carbonyl (C=O) groups is 2. The maximum atomic E-state index is 12.0. The first-order valence-electron chi connectivity index (χ1n) is 6.96. The van der Waals surface area contributed by atoms with Gasteiger partial charge < -0.3 is 24.3 Å². The summed E-state index contributed by atoms with van der Waals surface area (Å²) in [6.07, 6.45) is 0.205. The number of ether oxygens (including phenoxy) is 3. The van der Waals surface area contributed by atoms with Gasteiger partial charge in [0.1, 0.15) is 23.4 Å². The zero-order valence-corrected chi connectivity index (χ0v) is 13.6. The van der Waals surface area contributed by atoms with Gasteiger partial charge in [-0.05, 0) is 32.9 Å². The molecule has 1 amide bonds. The first kappa shape index (κ1) is 17.8. The van der Waals surface area contributed by atoms with Crippen LogP contribution in [-0.4, -0.2) is 32.2 Å². The molecule has 0 saturated heterocycles. The molecule has 22 heavy (non-hydrogen) atoms. The molecule has 0 bridgehead atoms. The Hall–Kier alpha value is -2.24. The molecule has 1 aromatic carbocycles. The maximum absolute atomic E-state index is 12.0. The Kier molecular flexibility index (Phi) is 6.22. The van der Waals surface area contributed by atoms with Crippen LogP contribution in [0.5, 0.6) is 11.5 Å². The third-order valence-corrected chi connectivity index (χ3v) is 2.84. The molecule has 0 fully saturated rings. The molecule has 0 radical (unpaired) electrons. The zero-order chi connectivity index (χ0) is 16.8. The van der Waals surface area contributed by atoms with Crippen LogP contribution in [-0.2, 0) is 9.53 Å². The molecular weight excluding hydrogens is 286 g/mol. The van der Waals surface area contributed by atoms with Crippen molar-refractivity contribution in [2.24, 2.45) is 0 Å². The highest BCUT2D eigenvalue weighted by Gasteiger charge is 2.25. The quantitative estimate of drug-likeness (QED) is 0.818. The van der Waals surface area contributed by atoms with Gasteiger partial charge >= 0.3 is 6.09 Å². The van der Waals surface area contributed by atoms with E-state index in [1.807, 2.05) is 0 Å². The fourth-order valence-electron chi connectivity index (χ4n) is 2.02. The Morgan fingerprint density at radius 1 is 1.23 bits per heavy atom. The van der Waals surface area contributed by atoms with Crippen molar-refractivity contribution >= 4 is 12.4 Å². The molecule has 6 heteroatoms. The van der Waals surface area contributed by atoms with Crippen molar-refractivity contribution in [1.82, 2.24) is 5.32 Å². The van der Waals surface area contributed by atoms with E-state index in [0.29, 0.717) is 17.1 Å². The molecule has 0 heterocycles. The van der Waals surface area contributed by atoms with Crippen molar-refractivity contribution in [3.63, 3.8) is 0 Å². The summed E-state index contributed by atoms with van der Waals surface area (Å²) in [6.45, 7) is 5.31. The van der Waals surface area contributed by atoms with Gasteiger partial charge in [-0.2, -0.15) is 0 Å². The van der Waals surface area contributed by atoms with Crippen LogP contribution in [0.2, 0.25) is 0 Å². The highest BCUT2D eigenvalue weighted by molar-refractivity contribution is 5.70. The Balaban J connectivity index is 3.10. The van der Waals surface area contributed by atoms with E-state index in [9.17, 15) is 9.59 Å². The fourth-order valence-corrected chi connectivity index (χ4v) is 2.02. The van der Waals surface area contributed by atoms with Crippen LogP contribution >= 0.6 is 0 Å². The highest BCUT2D eigenvalue weighted by Crippen LogP contribution is 2.35. The van der Waals surface area contributed by atoms with Gasteiger partial charge in [0.15, 0.2) is 0 Å². The van der Waals surface area contributed by atoms with Gasteiger partial charge in [0, 0.05) is 6.42 Å². The van der Waals surface area contributed by atoms with E-state index < -0.39 is 17.7 Å². The molecule has 0 unspecified atom stereocenters. The number of alkyl carbamates (subject to hydrolysis) is 1. The number of benzene rings is 1. The summed E-state index contributed by atoms with van der Waals surface area (Å²) in [5.74, 6) is 1.06. The lowest BCUT2D eigenvalue weighted by Gasteiger charge is -2.25. The summed E-state index contributed by atoms with van der Waals surface area (Å²) in [5, 5.41) is 2.69. The molecule has 0 aromatic heterocycles. The van der Waals surface area contributed by atoms with Gasteiger partial charge in [0.05, 0.1) is 25.8 Å². The average Bonchev–Trinajstić information content (AvgIpc) is 2.43. The molecule has 1 atom stereocenters. The lowest BCUT2D eigenvalue weighted by atomic mass is 10.0. The summed E-state index contributed by atoms with van der Waals surface area (Å²) >= 11 is 0. The predicted octanol–water partition coefficient (Wildman–Crippen LogP) is 2.86. The van der Waals surface area contributed by atoms with Crippen LogP contribution in [0, 0.1) is 0 Å². The number of rotatable bonds is 6. The summed E-state index contributed by atoms with van der Waals surface area (Å²) in [4.78, 5) is 23.0. The topological polar surface area (TPSA) is 73.9 Å². The van der Waals surface area contributed by atoms with E-state index in [0.717, 1.165) is 6.29 Å². The molecular formula is C16H23NO5. The molecule has 1 N–H and O–H groups in total. The normalized spacial score (nSPS) is 12.2. The third-order valence-electron chi connectivity index (χ3n) is 2.84. The van der Waals surface area contributed by atoms with Gasteiger partial charge in [0.25, 0.3) is 0 Å². The largest absolute Gasteiger partial charge is 0.496 e. The van der Waals surface area contributed by atoms with Gasteiger partial charge in [-0.1, -0.05) is 6.07 Å². The Morgan fingerprint density at radius 3 is 2.18 bits per heavy atom. The molecule has 6 nitrogen and oxygen atoms in total. The average molecular weight is 309 g/mol. The van der Waals surface area contributed by atoms with Gasteiger partial charge in [0.2, 0.25) is 0 Å². The SMILES string of the molecule is COc1cccc(OC)c1[C@@H](CC=O)NC(=O)OC(C)(C)C. The molecule has 0 aliphatic carbocycles. The standard InChI is InChI=1S/C16H23NO5/c1-16(2,3)22-15(19)17-11(9-10-18)14-12(20-4)7-6-8-13(14)21-5/h6-8,10-11H,9H2,1-5H3,(H,17,19)/t11-/m1/s1. The van der Waals surface area contributed by atoms with Gasteiger partial charge in [-0.25, -0.2) is 4.79 Å². The van der Waals surface area contributed by atoms with Crippen LogP contribution in [0.1, 0.15) is 38.8 Å². The molecule has 122 valence electrons. The molecule has 1 rings (SSSR count). The van der Waals surface area contributed by atoms with Crippen molar-refractivity contribution in [1.29, 1.82) is 0 Å². The van der Waals surface area contributed by atoms with Crippen molar-refractivity contribution in [3.8, 4) is 11.5 Å². The van der Waals surface area contributed by atoms with Gasteiger partial charge in [-0.15, -0.1) is 0 Å². The summed E-state index contributed by atoms with van der Waals surface area (Å²) < 4.78 is 15.9. The summed E-state index contributed by atoms with van der Waals surface area (Å²) in [6, 6.07) is 4.66. The highest BCUT2D eigenvalue weighted by atomic mass is 16.6. The molecule has 0 aliphatic heterocycles. The minimum absolute atomic E-state index is 0.0793. The Labute approximate surface area is 130 Å². The predicted molar refractivity (Wildman–Crippen MR) is 82.3 cm³/mol. The van der Waals surface area contributed by atoms with Gasteiger partial charge in [-0.3, -0.25) is 0 Å². The van der Waals surface area contributed by atoms with Crippen LogP contribution < -0.4 is 14.8 Å². The van der Waals surface area contributed by atoms with Crippen molar-refractivity contribution in [2.75, 3.05) is 14.2 Å². The number of hydrogen-bond donors (Lipinski definition) is 1. The molecule has 0 saturated carbocycles. The minimum Gasteiger partial charge on any atom is -0.496 e.